The van der Waals surface area contributed by atoms with Gasteiger partial charge in [-0.15, -0.1) is 0 Å². The number of benzene rings is 2. The van der Waals surface area contributed by atoms with Gasteiger partial charge < -0.3 is 10.1 Å². The lowest BCUT2D eigenvalue weighted by molar-refractivity contribution is 0.0977. The highest BCUT2D eigenvalue weighted by atomic mass is 32.2. The van der Waals surface area contributed by atoms with Crippen LogP contribution >= 0.6 is 12.2 Å². The Kier molecular flexibility index (Phi) is 10.6. The van der Waals surface area contributed by atoms with Crippen LogP contribution in [0.3, 0.4) is 0 Å². The Bertz CT molecular complexity index is 975. The number of nitrogens with one attached hydrogen (secondary N) is 3. The Hall–Kier alpha value is -2.49. The van der Waals surface area contributed by atoms with E-state index in [1.165, 1.54) is 25.0 Å². The summed E-state index contributed by atoms with van der Waals surface area (Å²) in [6.45, 7) is 5.10. The number of amides is 1. The zero-order valence-corrected chi connectivity index (χ0v) is 20.2. The van der Waals surface area contributed by atoms with Crippen LogP contribution in [0.1, 0.15) is 56.3 Å². The second-order valence-electron chi connectivity index (χ2n) is 7.26. The van der Waals surface area contributed by atoms with Crippen molar-refractivity contribution in [1.82, 2.24) is 10.0 Å². The Morgan fingerprint density at radius 2 is 1.62 bits per heavy atom. The second-order valence-corrected chi connectivity index (χ2v) is 9.44. The first-order chi connectivity index (χ1) is 15.4. The number of ether oxygens (including phenoxy) is 1. The fourth-order valence-corrected chi connectivity index (χ4v) is 4.14. The van der Waals surface area contributed by atoms with Gasteiger partial charge in [0.1, 0.15) is 5.75 Å². The molecule has 7 nitrogen and oxygen atoms in total. The van der Waals surface area contributed by atoms with Gasteiger partial charge in [-0.2, -0.15) is 0 Å². The van der Waals surface area contributed by atoms with Crippen LogP contribution in [-0.2, 0) is 10.0 Å². The lowest BCUT2D eigenvalue weighted by atomic mass is 10.2. The minimum atomic E-state index is -3.53. The first kappa shape index (κ1) is 25.8. The highest BCUT2D eigenvalue weighted by molar-refractivity contribution is 7.89. The summed E-state index contributed by atoms with van der Waals surface area (Å²) < 4.78 is 32.5. The quantitative estimate of drug-likeness (QED) is 0.308. The molecule has 32 heavy (non-hydrogen) atoms. The maximum absolute atomic E-state index is 12.4. The number of unbranched alkanes of at least 4 members (excludes halogenated alkanes) is 3. The van der Waals surface area contributed by atoms with Crippen LogP contribution in [-0.4, -0.2) is 32.6 Å². The lowest BCUT2D eigenvalue weighted by Crippen LogP contribution is -2.34. The maximum Gasteiger partial charge on any atom is 0.257 e. The molecule has 2 aromatic rings. The molecule has 0 bridgehead atoms. The van der Waals surface area contributed by atoms with Gasteiger partial charge in [0.25, 0.3) is 5.91 Å². The molecule has 0 aliphatic heterocycles. The molecule has 2 rings (SSSR count). The molecule has 174 valence electrons. The van der Waals surface area contributed by atoms with Crippen molar-refractivity contribution in [2.75, 3.05) is 18.5 Å². The molecule has 3 N–H and O–H groups in total. The van der Waals surface area contributed by atoms with Gasteiger partial charge in [0, 0.05) is 17.8 Å². The van der Waals surface area contributed by atoms with Gasteiger partial charge in [-0.1, -0.05) is 33.1 Å². The van der Waals surface area contributed by atoms with Crippen LogP contribution in [0.5, 0.6) is 5.75 Å². The van der Waals surface area contributed by atoms with Gasteiger partial charge in [0.15, 0.2) is 5.11 Å². The van der Waals surface area contributed by atoms with Crippen LogP contribution in [0.15, 0.2) is 53.4 Å². The molecule has 0 saturated heterocycles. The van der Waals surface area contributed by atoms with Crippen molar-refractivity contribution in [3.05, 3.63) is 54.1 Å². The molecule has 0 atom stereocenters. The van der Waals surface area contributed by atoms with Gasteiger partial charge in [-0.3, -0.25) is 10.1 Å². The molecule has 1 amide bonds. The molecule has 0 aliphatic carbocycles. The van der Waals surface area contributed by atoms with Crippen molar-refractivity contribution < 1.29 is 17.9 Å². The fraction of sp³-hybridized carbons (Fsp3) is 0.391. The zero-order valence-electron chi connectivity index (χ0n) is 18.5. The van der Waals surface area contributed by atoms with E-state index in [-0.39, 0.29) is 15.9 Å². The summed E-state index contributed by atoms with van der Waals surface area (Å²) in [7, 11) is -3.53. The van der Waals surface area contributed by atoms with Crippen LogP contribution < -0.4 is 20.1 Å². The van der Waals surface area contributed by atoms with E-state index in [1.54, 1.807) is 36.4 Å². The lowest BCUT2D eigenvalue weighted by Gasteiger charge is -2.11. The molecular formula is C23H31N3O4S2. The Morgan fingerprint density at radius 3 is 2.25 bits per heavy atom. The number of rotatable bonds is 12. The van der Waals surface area contributed by atoms with Crippen molar-refractivity contribution in [1.29, 1.82) is 0 Å². The average molecular weight is 478 g/mol. The van der Waals surface area contributed by atoms with Crippen LogP contribution in [0.25, 0.3) is 0 Å². The highest BCUT2D eigenvalue weighted by Gasteiger charge is 2.13. The summed E-state index contributed by atoms with van der Waals surface area (Å²) in [5.41, 5.74) is 1.02. The number of thiocarbonyl (C=S) groups is 1. The topological polar surface area (TPSA) is 96.5 Å². The molecule has 0 radical (unpaired) electrons. The summed E-state index contributed by atoms with van der Waals surface area (Å²) in [5.74, 6) is 0.377. The monoisotopic (exact) mass is 477 g/mol. The number of carbonyl (C=O) groups excluding carboxylic acids is 1. The Labute approximate surface area is 196 Å². The fourth-order valence-electron chi connectivity index (χ4n) is 2.80. The van der Waals surface area contributed by atoms with E-state index in [9.17, 15) is 13.2 Å². The normalized spacial score (nSPS) is 11.1. The third-order valence-electron chi connectivity index (χ3n) is 4.57. The Balaban J connectivity index is 1.84. The number of hydrogen-bond acceptors (Lipinski definition) is 5. The number of hydrogen-bond donors (Lipinski definition) is 3. The van der Waals surface area contributed by atoms with Crippen molar-refractivity contribution in [3.8, 4) is 5.75 Å². The summed E-state index contributed by atoms with van der Waals surface area (Å²) >= 11 is 5.20. The van der Waals surface area contributed by atoms with E-state index in [2.05, 4.69) is 22.3 Å². The number of carbonyl (C=O) groups is 1. The molecule has 2 aromatic carbocycles. The smallest absolute Gasteiger partial charge is 0.257 e. The molecule has 9 heteroatoms. The summed E-state index contributed by atoms with van der Waals surface area (Å²) in [4.78, 5) is 12.6. The molecule has 0 heterocycles. The number of anilines is 1. The second kappa shape index (κ2) is 13.1. The summed E-state index contributed by atoms with van der Waals surface area (Å²) in [5, 5.41) is 5.61. The Morgan fingerprint density at radius 1 is 0.938 bits per heavy atom. The van der Waals surface area contributed by atoms with Crippen LogP contribution in [0.4, 0.5) is 5.69 Å². The van der Waals surface area contributed by atoms with Crippen LogP contribution in [0, 0.1) is 0 Å². The molecule has 0 fully saturated rings. The van der Waals surface area contributed by atoms with E-state index in [0.717, 1.165) is 18.6 Å². The van der Waals surface area contributed by atoms with Crippen molar-refractivity contribution in [3.63, 3.8) is 0 Å². The van der Waals surface area contributed by atoms with Crippen LogP contribution in [0.2, 0.25) is 0 Å². The van der Waals surface area contributed by atoms with E-state index < -0.39 is 10.0 Å². The molecule has 0 aliphatic rings. The summed E-state index contributed by atoms with van der Waals surface area (Å²) in [6, 6.07) is 13.0. The minimum Gasteiger partial charge on any atom is -0.494 e. The minimum absolute atomic E-state index is 0.117. The molecule has 0 unspecified atom stereocenters. The van der Waals surface area contributed by atoms with Gasteiger partial charge >= 0.3 is 0 Å². The van der Waals surface area contributed by atoms with Gasteiger partial charge in [0.05, 0.1) is 11.5 Å². The molecule has 0 aromatic heterocycles. The van der Waals surface area contributed by atoms with E-state index in [0.29, 0.717) is 30.8 Å². The SMILES string of the molecule is CCCCCCOc1ccc(C(=O)NC(=S)Nc2ccc(S(=O)(=O)NCCC)cc2)cc1. The zero-order chi connectivity index (χ0) is 23.4. The van der Waals surface area contributed by atoms with Gasteiger partial charge in [-0.25, -0.2) is 13.1 Å². The summed E-state index contributed by atoms with van der Waals surface area (Å²) in [6.07, 6.45) is 5.26. The molecular weight excluding hydrogens is 446 g/mol. The first-order valence-electron chi connectivity index (χ1n) is 10.8. The number of sulfonamides is 1. The third kappa shape index (κ3) is 8.57. The standard InChI is InChI=1S/C23H31N3O4S2/c1-3-5-6-7-17-30-20-12-8-18(9-13-20)22(27)26-23(31)25-19-10-14-21(15-11-19)32(28,29)24-16-4-2/h8-15,24H,3-7,16-17H2,1-2H3,(H2,25,26,27,31). The van der Waals surface area contributed by atoms with E-state index in [4.69, 9.17) is 17.0 Å². The van der Waals surface area contributed by atoms with Crippen molar-refractivity contribution >= 4 is 38.9 Å². The molecule has 0 saturated carbocycles. The first-order valence-corrected chi connectivity index (χ1v) is 12.7. The molecule has 0 spiro atoms. The van der Waals surface area contributed by atoms with Crippen molar-refractivity contribution in [2.24, 2.45) is 0 Å². The van der Waals surface area contributed by atoms with Crippen molar-refractivity contribution in [2.45, 2.75) is 50.8 Å². The predicted octanol–water partition coefficient (Wildman–Crippen LogP) is 4.46. The maximum atomic E-state index is 12.4. The average Bonchev–Trinajstić information content (AvgIpc) is 2.78. The van der Waals surface area contributed by atoms with Gasteiger partial charge in [0.2, 0.25) is 10.0 Å². The highest BCUT2D eigenvalue weighted by Crippen LogP contribution is 2.15. The van der Waals surface area contributed by atoms with E-state index in [1.807, 2.05) is 6.92 Å². The van der Waals surface area contributed by atoms with E-state index >= 15 is 0 Å². The largest absolute Gasteiger partial charge is 0.494 e. The van der Waals surface area contributed by atoms with Gasteiger partial charge in [-0.05, 0) is 73.6 Å². The predicted molar refractivity (Wildman–Crippen MR) is 132 cm³/mol. The third-order valence-corrected chi connectivity index (χ3v) is 6.26.